The molecule has 30 heavy (non-hydrogen) atoms. The Morgan fingerprint density at radius 3 is 2.63 bits per heavy atom. The zero-order valence-corrected chi connectivity index (χ0v) is 18.1. The molecule has 1 N–H and O–H groups in total. The van der Waals surface area contributed by atoms with Crippen molar-refractivity contribution in [1.29, 1.82) is 0 Å². The van der Waals surface area contributed by atoms with Crippen LogP contribution in [0, 0.1) is 12.8 Å². The van der Waals surface area contributed by atoms with Crippen molar-refractivity contribution in [2.24, 2.45) is 5.92 Å². The number of allylic oxidation sites excluding steroid dienone is 2. The summed E-state index contributed by atoms with van der Waals surface area (Å²) >= 11 is 1.28. The predicted octanol–water partition coefficient (Wildman–Crippen LogP) is 1.27. The Hall–Kier alpha value is -2.31. The first-order valence-electron chi connectivity index (χ1n) is 9.48. The molecule has 1 aromatic heterocycles. The quantitative estimate of drug-likeness (QED) is 0.621. The smallest absolute Gasteiger partial charge is 0.249 e. The predicted molar refractivity (Wildman–Crippen MR) is 107 cm³/mol. The number of imide groups is 1. The van der Waals surface area contributed by atoms with Gasteiger partial charge in [-0.3, -0.25) is 0 Å². The normalized spacial score (nSPS) is 23.0. The average molecular weight is 455 g/mol. The Bertz CT molecular complexity index is 1120. The maximum absolute atomic E-state index is 13.2. The molecule has 3 amide bonds. The van der Waals surface area contributed by atoms with E-state index in [-0.39, 0.29) is 11.4 Å². The molecule has 2 heterocycles. The fourth-order valence-corrected chi connectivity index (χ4v) is 5.69. The minimum atomic E-state index is -4.00. The van der Waals surface area contributed by atoms with E-state index in [9.17, 15) is 22.4 Å². The first-order valence-corrected chi connectivity index (χ1v) is 11.8. The number of alkyl halides is 1. The van der Waals surface area contributed by atoms with Crippen molar-refractivity contribution in [3.8, 4) is 0 Å². The number of hydrogen-bond donors (Lipinski definition) is 1. The van der Waals surface area contributed by atoms with Crippen LogP contribution in [0.3, 0.4) is 0 Å². The van der Waals surface area contributed by atoms with E-state index in [1.54, 1.807) is 13.8 Å². The fraction of sp³-hybridized carbons (Fsp3) is 0.500. The van der Waals surface area contributed by atoms with Crippen LogP contribution in [0.1, 0.15) is 29.8 Å². The van der Waals surface area contributed by atoms with Gasteiger partial charge in [0.15, 0.2) is 11.6 Å². The summed E-state index contributed by atoms with van der Waals surface area (Å²) in [5.41, 5.74) is -0.621. The van der Waals surface area contributed by atoms with Gasteiger partial charge in [0, 0.05) is 0 Å². The van der Waals surface area contributed by atoms with Gasteiger partial charge >= 0.3 is 11.9 Å². The lowest BCUT2D eigenvalue weighted by Gasteiger charge is -2.27. The van der Waals surface area contributed by atoms with Crippen LogP contribution >= 0.6 is 11.3 Å². The number of hydrogen-bond acceptors (Lipinski definition) is 7. The monoisotopic (exact) mass is 454 g/mol. The molecule has 0 aromatic carbocycles. The molecule has 1 aromatic rings. The van der Waals surface area contributed by atoms with Crippen LogP contribution in [0.2, 0.25) is 0 Å². The Morgan fingerprint density at radius 1 is 1.33 bits per heavy atom. The summed E-state index contributed by atoms with van der Waals surface area (Å²) in [4.78, 5) is 27.0. The summed E-state index contributed by atoms with van der Waals surface area (Å²) in [7, 11) is -4.00. The third-order valence-electron chi connectivity index (χ3n) is 5.32. The minimum absolute atomic E-state index is 0.0354. The Balaban J connectivity index is 1.68. The van der Waals surface area contributed by atoms with Crippen molar-refractivity contribution in [2.75, 3.05) is 13.2 Å². The number of nitrogens with zero attached hydrogens (tertiary/aromatic N) is 4. The highest BCUT2D eigenvalue weighted by Gasteiger charge is 2.50. The van der Waals surface area contributed by atoms with Crippen LogP contribution < -0.4 is 4.72 Å². The van der Waals surface area contributed by atoms with E-state index in [0.29, 0.717) is 35.1 Å². The molecule has 0 radical (unpaired) electrons. The van der Waals surface area contributed by atoms with E-state index in [4.69, 9.17) is 0 Å². The Kier molecular flexibility index (Phi) is 5.19. The van der Waals surface area contributed by atoms with Crippen LogP contribution in [-0.2, 0) is 21.4 Å². The number of aromatic nitrogens is 2. The largest absolute Gasteiger partial charge is 0.501 e. The maximum atomic E-state index is 13.2. The first kappa shape index (κ1) is 20.9. The molecule has 1 atom stereocenters. The highest BCUT2D eigenvalue weighted by molar-refractivity contribution is 7.93. The maximum Gasteiger partial charge on any atom is 0.501 e. The van der Waals surface area contributed by atoms with E-state index in [1.807, 2.05) is 0 Å². The third kappa shape index (κ3) is 3.63. The number of amides is 3. The van der Waals surface area contributed by atoms with Crippen LogP contribution in [0.15, 0.2) is 23.1 Å². The number of nitrogens with one attached hydrogen (secondary N) is 1. The molecular weight excluding hydrogens is 433 g/mol. The second-order valence-electron chi connectivity index (χ2n) is 7.49. The summed E-state index contributed by atoms with van der Waals surface area (Å²) in [5.74, 6) is -1.47. The van der Waals surface area contributed by atoms with Crippen molar-refractivity contribution >= 4 is 39.0 Å². The first-order chi connectivity index (χ1) is 14.2. The summed E-state index contributed by atoms with van der Waals surface area (Å²) in [5, 5.41) is 9.10. The Morgan fingerprint density at radius 2 is 2.07 bits per heavy atom. The summed E-state index contributed by atoms with van der Waals surface area (Å²) in [6.07, 6.45) is 5.01. The fourth-order valence-electron chi connectivity index (χ4n) is 3.49. The van der Waals surface area contributed by atoms with Gasteiger partial charge in [-0.15, -0.1) is 10.2 Å². The van der Waals surface area contributed by atoms with Crippen molar-refractivity contribution in [2.45, 2.75) is 38.8 Å². The zero-order chi connectivity index (χ0) is 21.7. The molecule has 1 saturated carbocycles. The van der Waals surface area contributed by atoms with Gasteiger partial charge in [0.1, 0.15) is 23.3 Å². The summed E-state index contributed by atoms with van der Waals surface area (Å²) < 4.78 is 42.5. The number of fused-ring (bicyclic) bond motifs is 1. The van der Waals surface area contributed by atoms with Gasteiger partial charge in [0.2, 0.25) is 10.0 Å². The molecule has 4 rings (SSSR count). The number of sulfonamides is 1. The molecular formula is C18H21FN5O4S2+. The van der Waals surface area contributed by atoms with Crippen LogP contribution in [0.4, 0.5) is 9.18 Å². The topological polar surface area (TPSA) is 112 Å². The van der Waals surface area contributed by atoms with Gasteiger partial charge in [-0.2, -0.15) is 14.3 Å². The molecule has 0 saturated heterocycles. The van der Waals surface area contributed by atoms with E-state index in [2.05, 4.69) is 14.9 Å². The molecule has 1 fully saturated rings. The lowest BCUT2D eigenvalue weighted by atomic mass is 9.94. The third-order valence-corrected chi connectivity index (χ3v) is 7.74. The van der Waals surface area contributed by atoms with Gasteiger partial charge in [0.25, 0.3) is 0 Å². The average Bonchev–Trinajstić information content (AvgIpc) is 3.36. The molecule has 0 bridgehead atoms. The lowest BCUT2D eigenvalue weighted by Crippen LogP contribution is -2.54. The molecule has 12 heteroatoms. The number of halogens is 1. The van der Waals surface area contributed by atoms with Crippen LogP contribution in [0.25, 0.3) is 0 Å². The van der Waals surface area contributed by atoms with Crippen molar-refractivity contribution in [3.63, 3.8) is 0 Å². The second-order valence-corrected chi connectivity index (χ2v) is 10.4. The molecule has 9 nitrogen and oxygen atoms in total. The van der Waals surface area contributed by atoms with Crippen molar-refractivity contribution in [1.82, 2.24) is 19.8 Å². The van der Waals surface area contributed by atoms with E-state index >= 15 is 0 Å². The van der Waals surface area contributed by atoms with Gasteiger partial charge in [-0.25, -0.2) is 22.3 Å². The van der Waals surface area contributed by atoms with Gasteiger partial charge < -0.3 is 0 Å². The molecule has 1 unspecified atom stereocenters. The van der Waals surface area contributed by atoms with E-state index in [0.717, 1.165) is 4.90 Å². The van der Waals surface area contributed by atoms with Crippen molar-refractivity contribution in [3.05, 3.63) is 33.1 Å². The number of aryl methyl sites for hydroxylation is 1. The van der Waals surface area contributed by atoms with Gasteiger partial charge in [-0.1, -0.05) is 11.3 Å². The molecule has 1 aliphatic heterocycles. The zero-order valence-electron chi connectivity index (χ0n) is 16.5. The van der Waals surface area contributed by atoms with Crippen LogP contribution in [0.5, 0.6) is 0 Å². The molecule has 0 spiro atoms. The van der Waals surface area contributed by atoms with Crippen molar-refractivity contribution < 1.29 is 27.0 Å². The summed E-state index contributed by atoms with van der Waals surface area (Å²) in [6.45, 7) is 3.04. The number of urea groups is 1. The number of carbonyl (C=O) groups excluding carboxylic acids is 2. The molecule has 3 aliphatic rings. The Labute approximate surface area is 177 Å². The second kappa shape index (κ2) is 7.43. The summed E-state index contributed by atoms with van der Waals surface area (Å²) in [6, 6.07) is -0.488. The standard InChI is InChI=1S/C18H21FN5O4S2/c1-3-23-14-5-4-12(30(27,28)22-18(10-19)6-7-18)8-13(14)16(25)24(17(23)26)9-15-21-20-11(2)29-15/h4-5,8,13,22H,3,6-7,9-10H2,1-2H3/q+1. The van der Waals surface area contributed by atoms with E-state index in [1.165, 1.54) is 34.1 Å². The SMILES string of the molecule is CC[N+]1=C2C=CC(S(=O)(=O)NC3(CF)CC3)=CC2C(=O)N(Cc2nnc(C)s2)C1=O. The highest BCUT2D eigenvalue weighted by Crippen LogP contribution is 2.37. The van der Waals surface area contributed by atoms with Crippen LogP contribution in [-0.4, -0.2) is 64.5 Å². The number of carbonyl (C=O) groups is 2. The lowest BCUT2D eigenvalue weighted by molar-refractivity contribution is -0.436. The molecule has 2 aliphatic carbocycles. The molecule has 160 valence electrons. The minimum Gasteiger partial charge on any atom is -0.249 e. The van der Waals surface area contributed by atoms with Gasteiger partial charge in [0.05, 0.1) is 17.0 Å². The highest BCUT2D eigenvalue weighted by atomic mass is 32.2. The van der Waals surface area contributed by atoms with E-state index < -0.39 is 40.1 Å². The number of rotatable bonds is 7. The van der Waals surface area contributed by atoms with Gasteiger partial charge in [-0.05, 0) is 44.9 Å².